The minimum absolute atomic E-state index is 0.0987. The molecule has 60 heavy (non-hydrogen) atoms. The normalized spacial score (nSPS) is 14.9. The molecule has 0 saturated heterocycles. The summed E-state index contributed by atoms with van der Waals surface area (Å²) in [5.74, 6) is -2.50. The van der Waals surface area contributed by atoms with Gasteiger partial charge in [-0.15, -0.1) is 0 Å². The van der Waals surface area contributed by atoms with Gasteiger partial charge in [-0.2, -0.15) is 0 Å². The van der Waals surface area contributed by atoms with E-state index in [1.807, 2.05) is 12.2 Å². The van der Waals surface area contributed by atoms with E-state index in [2.05, 4.69) is 129 Å². The SMILES string of the molecule is CC/C=C\C/C=C\C/C=C\C/C=C\C/C=C\C/C=C\C/C=C\CCCC(=O)OCC(O)COP(=O)(O)OCC(NC(=O)CCCCC/C=C\C/C=C\C/C=C\CC)C(=O)O. The molecule has 4 N–H and O–H groups in total. The summed E-state index contributed by atoms with van der Waals surface area (Å²) in [6.45, 7) is 2.24. The lowest BCUT2D eigenvalue weighted by Crippen LogP contribution is -2.43. The third kappa shape index (κ3) is 40.7. The van der Waals surface area contributed by atoms with E-state index in [4.69, 9.17) is 13.8 Å². The number of ether oxygens (including phenoxy) is 1. The van der Waals surface area contributed by atoms with Crippen molar-refractivity contribution in [2.45, 2.75) is 142 Å². The molecule has 0 radical (unpaired) electrons. The number of allylic oxidation sites excluding steroid dienone is 20. The van der Waals surface area contributed by atoms with E-state index < -0.39 is 57.6 Å². The van der Waals surface area contributed by atoms with Gasteiger partial charge in [0.1, 0.15) is 12.7 Å². The summed E-state index contributed by atoms with van der Waals surface area (Å²) in [7, 11) is -4.79. The Labute approximate surface area is 360 Å². The number of unbranched alkanes of at least 4 members (excludes halogenated alkanes) is 4. The number of carboxylic acids is 1. The Balaban J connectivity index is 4.04. The van der Waals surface area contributed by atoms with Crippen molar-refractivity contribution in [2.24, 2.45) is 0 Å². The predicted octanol–water partition coefficient (Wildman–Crippen LogP) is 11.2. The average molecular weight is 856 g/mol. The van der Waals surface area contributed by atoms with Gasteiger partial charge in [-0.3, -0.25) is 18.6 Å². The molecular weight excluding hydrogens is 781 g/mol. The number of hydrogen-bond acceptors (Lipinski definition) is 8. The first-order valence-corrected chi connectivity index (χ1v) is 23.1. The van der Waals surface area contributed by atoms with Gasteiger partial charge < -0.3 is 25.2 Å². The molecule has 3 atom stereocenters. The van der Waals surface area contributed by atoms with E-state index in [0.29, 0.717) is 19.3 Å². The number of aliphatic hydroxyl groups excluding tert-OH is 1. The third-order valence-electron chi connectivity index (χ3n) is 8.25. The van der Waals surface area contributed by atoms with Crippen LogP contribution < -0.4 is 5.32 Å². The highest BCUT2D eigenvalue weighted by atomic mass is 31.2. The van der Waals surface area contributed by atoms with Crippen LogP contribution in [-0.4, -0.2) is 64.9 Å². The maximum atomic E-state index is 12.3. The van der Waals surface area contributed by atoms with Crippen molar-refractivity contribution in [3.05, 3.63) is 122 Å². The lowest BCUT2D eigenvalue weighted by Gasteiger charge is -2.18. The van der Waals surface area contributed by atoms with Crippen LogP contribution in [-0.2, 0) is 32.7 Å². The molecule has 0 aromatic heterocycles. The summed E-state index contributed by atoms with van der Waals surface area (Å²) in [6.07, 6.45) is 55.3. The molecule has 336 valence electrons. The van der Waals surface area contributed by atoms with Crippen LogP contribution in [0.15, 0.2) is 122 Å². The molecule has 0 heterocycles. The van der Waals surface area contributed by atoms with E-state index in [1.54, 1.807) is 0 Å². The molecule has 0 aromatic carbocycles. The molecule has 0 rings (SSSR count). The first-order chi connectivity index (χ1) is 29.1. The predicted molar refractivity (Wildman–Crippen MR) is 244 cm³/mol. The first kappa shape index (κ1) is 55.9. The molecule has 3 unspecified atom stereocenters. The molecule has 0 aromatic rings. The topological polar surface area (TPSA) is 169 Å². The maximum absolute atomic E-state index is 12.3. The molecular formula is C48H74NO10P. The number of nitrogens with one attached hydrogen (secondary N) is 1. The fourth-order valence-corrected chi connectivity index (χ4v) is 5.74. The molecule has 11 nitrogen and oxygen atoms in total. The molecule has 0 bridgehead atoms. The highest BCUT2D eigenvalue weighted by Crippen LogP contribution is 2.43. The number of carbonyl (C=O) groups is 3. The Hall–Kier alpha value is -4.12. The van der Waals surface area contributed by atoms with Gasteiger partial charge in [0.15, 0.2) is 6.04 Å². The maximum Gasteiger partial charge on any atom is 0.472 e. The second kappa shape index (κ2) is 41.6. The highest BCUT2D eigenvalue weighted by molar-refractivity contribution is 7.47. The second-order valence-electron chi connectivity index (χ2n) is 13.8. The minimum Gasteiger partial charge on any atom is -0.480 e. The number of phosphoric ester groups is 1. The zero-order valence-electron chi connectivity index (χ0n) is 36.2. The van der Waals surface area contributed by atoms with Gasteiger partial charge in [0.25, 0.3) is 0 Å². The van der Waals surface area contributed by atoms with E-state index in [1.165, 1.54) is 0 Å². The quantitative estimate of drug-likeness (QED) is 0.0203. The molecule has 0 aliphatic carbocycles. The molecule has 0 fully saturated rings. The molecule has 12 heteroatoms. The number of aliphatic hydroxyl groups is 1. The number of rotatable bonds is 38. The molecule has 0 saturated carbocycles. The van der Waals surface area contributed by atoms with Crippen LogP contribution in [0.4, 0.5) is 0 Å². The van der Waals surface area contributed by atoms with Gasteiger partial charge in [-0.25, -0.2) is 9.36 Å². The van der Waals surface area contributed by atoms with Crippen LogP contribution in [0.1, 0.15) is 129 Å². The van der Waals surface area contributed by atoms with E-state index >= 15 is 0 Å². The van der Waals surface area contributed by atoms with Gasteiger partial charge >= 0.3 is 19.8 Å². The van der Waals surface area contributed by atoms with Crippen molar-refractivity contribution in [1.82, 2.24) is 5.32 Å². The minimum atomic E-state index is -4.79. The van der Waals surface area contributed by atoms with Crippen molar-refractivity contribution in [3.8, 4) is 0 Å². The largest absolute Gasteiger partial charge is 0.480 e. The second-order valence-corrected chi connectivity index (χ2v) is 15.2. The lowest BCUT2D eigenvalue weighted by atomic mass is 10.1. The number of phosphoric acid groups is 1. The van der Waals surface area contributed by atoms with Gasteiger partial charge in [-0.05, 0) is 96.3 Å². The smallest absolute Gasteiger partial charge is 0.472 e. The zero-order valence-corrected chi connectivity index (χ0v) is 37.1. The number of amides is 1. The summed E-state index contributed by atoms with van der Waals surface area (Å²) in [5, 5.41) is 21.8. The van der Waals surface area contributed by atoms with E-state index in [-0.39, 0.29) is 12.8 Å². The Morgan fingerprint density at radius 2 is 0.933 bits per heavy atom. The number of aliphatic carboxylic acids is 1. The van der Waals surface area contributed by atoms with E-state index in [0.717, 1.165) is 83.5 Å². The summed E-state index contributed by atoms with van der Waals surface area (Å²) < 4.78 is 26.7. The molecule has 1 amide bonds. The fourth-order valence-electron chi connectivity index (χ4n) is 4.96. The van der Waals surface area contributed by atoms with Crippen LogP contribution in [0, 0.1) is 0 Å². The Morgan fingerprint density at radius 3 is 1.37 bits per heavy atom. The van der Waals surface area contributed by atoms with Crippen molar-refractivity contribution in [1.29, 1.82) is 0 Å². The van der Waals surface area contributed by atoms with Gasteiger partial charge in [0.05, 0.1) is 13.2 Å². The van der Waals surface area contributed by atoms with Gasteiger partial charge in [-0.1, -0.05) is 142 Å². The molecule has 0 aliphatic heterocycles. The third-order valence-corrected chi connectivity index (χ3v) is 9.20. The van der Waals surface area contributed by atoms with Crippen LogP contribution in [0.5, 0.6) is 0 Å². The van der Waals surface area contributed by atoms with Crippen molar-refractivity contribution in [2.75, 3.05) is 19.8 Å². The van der Waals surface area contributed by atoms with Crippen LogP contribution in [0.25, 0.3) is 0 Å². The summed E-state index contributed by atoms with van der Waals surface area (Å²) in [5.41, 5.74) is 0. The van der Waals surface area contributed by atoms with Crippen molar-refractivity contribution in [3.63, 3.8) is 0 Å². The van der Waals surface area contributed by atoms with Crippen molar-refractivity contribution < 1.29 is 47.8 Å². The van der Waals surface area contributed by atoms with Crippen molar-refractivity contribution >= 4 is 25.7 Å². The average Bonchev–Trinajstić information content (AvgIpc) is 3.22. The number of carbonyl (C=O) groups excluding carboxylic acids is 2. The fraction of sp³-hybridized carbons (Fsp3) is 0.521. The summed E-state index contributed by atoms with van der Waals surface area (Å²) in [4.78, 5) is 45.8. The number of hydrogen-bond donors (Lipinski definition) is 4. The lowest BCUT2D eigenvalue weighted by molar-refractivity contribution is -0.147. The van der Waals surface area contributed by atoms with Crippen LogP contribution >= 0.6 is 7.82 Å². The van der Waals surface area contributed by atoms with Gasteiger partial charge in [0, 0.05) is 12.8 Å². The Morgan fingerprint density at radius 1 is 0.533 bits per heavy atom. The van der Waals surface area contributed by atoms with Crippen LogP contribution in [0.3, 0.4) is 0 Å². The summed E-state index contributed by atoms with van der Waals surface area (Å²) >= 11 is 0. The molecule has 0 aliphatic rings. The molecule has 0 spiro atoms. The number of carboxylic acid groups (broad SMARTS) is 1. The van der Waals surface area contributed by atoms with Gasteiger partial charge in [0.2, 0.25) is 5.91 Å². The van der Waals surface area contributed by atoms with Crippen LogP contribution in [0.2, 0.25) is 0 Å². The Bertz CT molecular complexity index is 1470. The monoisotopic (exact) mass is 856 g/mol. The first-order valence-electron chi connectivity index (χ1n) is 21.6. The standard InChI is InChI=1S/C48H74NO10P/c1-3-5-7-9-11-13-15-17-18-19-20-21-22-23-24-25-26-28-30-32-34-36-38-40-47(52)57-41-44(50)42-58-60(55,56)59-43-45(48(53)54)49-46(51)39-37-35-33-31-29-27-16-14-12-10-8-6-4-2/h5-8,11-14,17-18,20-21,23-24,26-29,32,34,44-45,50H,3-4,9-10,15-16,19,22,25,30-31,33,35-43H2,1-2H3,(H,49,51)(H,53,54)(H,55,56)/b7-5-,8-6-,13-11-,14-12-,18-17-,21-20-,24-23-,28-26-,29-27-,34-32-. The van der Waals surface area contributed by atoms with E-state index in [9.17, 15) is 34.1 Å². The zero-order chi connectivity index (χ0) is 44.2. The highest BCUT2D eigenvalue weighted by Gasteiger charge is 2.28. The number of esters is 1. The summed E-state index contributed by atoms with van der Waals surface area (Å²) in [6, 6.07) is -1.58. The Kier molecular flexibility index (Phi) is 38.8.